The second kappa shape index (κ2) is 9.01. The van der Waals surface area contributed by atoms with Crippen LogP contribution in [0.5, 0.6) is 0 Å². The van der Waals surface area contributed by atoms with Gasteiger partial charge in [0.15, 0.2) is 11.0 Å². The van der Waals surface area contributed by atoms with Crippen LogP contribution in [-0.2, 0) is 6.54 Å². The van der Waals surface area contributed by atoms with Crippen LogP contribution in [0.2, 0.25) is 0 Å². The molecule has 0 N–H and O–H groups in total. The minimum atomic E-state index is -0.331. The smallest absolute Gasteiger partial charge is 0.261 e. The van der Waals surface area contributed by atoms with E-state index in [1.807, 2.05) is 4.57 Å². The van der Waals surface area contributed by atoms with Crippen LogP contribution < -0.4 is 0 Å². The lowest BCUT2D eigenvalue weighted by atomic mass is 10.1. The Hall–Kier alpha value is -3.00. The van der Waals surface area contributed by atoms with Crippen LogP contribution in [0, 0.1) is 11.7 Å². The number of hydrogen-bond donors (Lipinski definition) is 0. The van der Waals surface area contributed by atoms with Gasteiger partial charge in [0.2, 0.25) is 0 Å². The number of benzene rings is 2. The summed E-state index contributed by atoms with van der Waals surface area (Å²) in [4.78, 5) is 26.3. The van der Waals surface area contributed by atoms with E-state index in [1.54, 1.807) is 42.5 Å². The Morgan fingerprint density at radius 3 is 2.16 bits per heavy atom. The van der Waals surface area contributed by atoms with Crippen LogP contribution in [0.1, 0.15) is 41.0 Å². The van der Waals surface area contributed by atoms with Crippen LogP contribution >= 0.6 is 11.8 Å². The molecular formula is C23H23FN4O2S. The van der Waals surface area contributed by atoms with E-state index in [0.29, 0.717) is 58.9 Å². The number of halogens is 1. The maximum absolute atomic E-state index is 14.3. The Kier molecular flexibility index (Phi) is 6.18. The first kappa shape index (κ1) is 21.2. The van der Waals surface area contributed by atoms with E-state index < -0.39 is 0 Å². The molecule has 0 radical (unpaired) electrons. The Morgan fingerprint density at radius 2 is 1.55 bits per heavy atom. The highest BCUT2D eigenvalue weighted by Crippen LogP contribution is 2.28. The fourth-order valence-electron chi connectivity index (χ4n) is 3.60. The summed E-state index contributed by atoms with van der Waals surface area (Å²) in [5, 5.41) is 9.22. The van der Waals surface area contributed by atoms with Gasteiger partial charge in [-0.05, 0) is 36.6 Å². The molecule has 0 atom stereocenters. The maximum atomic E-state index is 14.3. The van der Waals surface area contributed by atoms with E-state index in [-0.39, 0.29) is 17.6 Å². The lowest BCUT2D eigenvalue weighted by Crippen LogP contribution is -2.31. The Labute approximate surface area is 184 Å². The van der Waals surface area contributed by atoms with Gasteiger partial charge in [-0.1, -0.05) is 49.9 Å². The Morgan fingerprint density at radius 1 is 0.935 bits per heavy atom. The molecule has 0 saturated heterocycles. The van der Waals surface area contributed by atoms with Crippen molar-refractivity contribution in [3.05, 3.63) is 65.5 Å². The van der Waals surface area contributed by atoms with E-state index >= 15 is 0 Å². The van der Waals surface area contributed by atoms with Crippen LogP contribution in [0.3, 0.4) is 0 Å². The van der Waals surface area contributed by atoms with Gasteiger partial charge < -0.3 is 4.57 Å². The molecule has 0 unspecified atom stereocenters. The van der Waals surface area contributed by atoms with Crippen LogP contribution in [0.4, 0.5) is 4.39 Å². The molecule has 8 heteroatoms. The van der Waals surface area contributed by atoms with Gasteiger partial charge in [0, 0.05) is 18.8 Å². The van der Waals surface area contributed by atoms with E-state index in [2.05, 4.69) is 24.0 Å². The fraction of sp³-hybridized carbons (Fsp3) is 0.304. The highest BCUT2D eigenvalue weighted by molar-refractivity contribution is 7.99. The predicted octanol–water partition coefficient (Wildman–Crippen LogP) is 4.52. The molecule has 0 aliphatic carbocycles. The number of carbonyl (C=O) groups excluding carboxylic acids is 2. The molecule has 3 aromatic rings. The van der Waals surface area contributed by atoms with Crippen molar-refractivity contribution >= 4 is 23.6 Å². The lowest BCUT2D eigenvalue weighted by Gasteiger charge is -2.14. The summed E-state index contributed by atoms with van der Waals surface area (Å²) in [6.45, 7) is 5.18. The third kappa shape index (κ3) is 4.25. The van der Waals surface area contributed by atoms with Crippen LogP contribution in [-0.4, -0.2) is 43.8 Å². The van der Waals surface area contributed by atoms with Crippen molar-refractivity contribution in [2.75, 3.05) is 12.3 Å². The lowest BCUT2D eigenvalue weighted by molar-refractivity contribution is 0.0655. The zero-order valence-electron chi connectivity index (χ0n) is 17.4. The molecule has 2 amide bonds. The zero-order chi connectivity index (χ0) is 22.0. The van der Waals surface area contributed by atoms with Gasteiger partial charge in [0.1, 0.15) is 5.82 Å². The molecule has 1 aliphatic heterocycles. The molecule has 160 valence electrons. The fourth-order valence-corrected chi connectivity index (χ4v) is 4.47. The van der Waals surface area contributed by atoms with Crippen molar-refractivity contribution in [3.63, 3.8) is 0 Å². The maximum Gasteiger partial charge on any atom is 0.261 e. The molecule has 0 spiro atoms. The summed E-state index contributed by atoms with van der Waals surface area (Å²) in [7, 11) is 0. The number of rotatable bonds is 8. The topological polar surface area (TPSA) is 68.1 Å². The molecule has 1 aliphatic rings. The summed E-state index contributed by atoms with van der Waals surface area (Å²) in [6.07, 6.45) is 0.625. The van der Waals surface area contributed by atoms with Crippen molar-refractivity contribution in [2.24, 2.45) is 5.92 Å². The summed E-state index contributed by atoms with van der Waals surface area (Å²) in [6, 6.07) is 13.4. The van der Waals surface area contributed by atoms with Crippen molar-refractivity contribution < 1.29 is 14.0 Å². The SMILES string of the molecule is CC(C)Cn1c(SCCCN2C(=O)c3ccccc3C2=O)nnc1-c1ccccc1F. The number of carbonyl (C=O) groups is 2. The van der Waals surface area contributed by atoms with Crippen molar-refractivity contribution in [1.29, 1.82) is 0 Å². The molecule has 4 rings (SSSR count). The quantitative estimate of drug-likeness (QED) is 0.294. The second-order valence-electron chi connectivity index (χ2n) is 7.80. The zero-order valence-corrected chi connectivity index (χ0v) is 18.2. The molecule has 0 bridgehead atoms. The Bertz CT molecular complexity index is 1090. The highest BCUT2D eigenvalue weighted by atomic mass is 32.2. The number of nitrogens with zero attached hydrogens (tertiary/aromatic N) is 4. The minimum absolute atomic E-state index is 0.240. The normalized spacial score (nSPS) is 13.4. The minimum Gasteiger partial charge on any atom is -0.302 e. The number of hydrogen-bond acceptors (Lipinski definition) is 5. The molecule has 1 aromatic heterocycles. The molecule has 0 saturated carbocycles. The van der Waals surface area contributed by atoms with Gasteiger partial charge in [-0.2, -0.15) is 0 Å². The first-order valence-electron chi connectivity index (χ1n) is 10.2. The van der Waals surface area contributed by atoms with E-state index in [0.717, 1.165) is 0 Å². The van der Waals surface area contributed by atoms with Crippen molar-refractivity contribution in [2.45, 2.75) is 32.0 Å². The number of fused-ring (bicyclic) bond motifs is 1. The summed E-state index contributed by atoms with van der Waals surface area (Å²) in [5.41, 5.74) is 1.35. The third-order valence-corrected chi connectivity index (χ3v) is 6.07. The van der Waals surface area contributed by atoms with E-state index in [4.69, 9.17) is 0 Å². The molecule has 0 fully saturated rings. The monoisotopic (exact) mass is 438 g/mol. The average Bonchev–Trinajstić information content (AvgIpc) is 3.25. The molecule has 2 heterocycles. The largest absolute Gasteiger partial charge is 0.302 e. The first-order chi connectivity index (χ1) is 15.0. The number of amides is 2. The molecular weight excluding hydrogens is 415 g/mol. The van der Waals surface area contributed by atoms with Crippen LogP contribution in [0.15, 0.2) is 53.7 Å². The van der Waals surface area contributed by atoms with E-state index in [1.165, 1.54) is 22.7 Å². The number of aromatic nitrogens is 3. The van der Waals surface area contributed by atoms with Crippen molar-refractivity contribution in [3.8, 4) is 11.4 Å². The van der Waals surface area contributed by atoms with Gasteiger partial charge in [0.25, 0.3) is 11.8 Å². The summed E-state index contributed by atoms with van der Waals surface area (Å²) < 4.78 is 16.3. The average molecular weight is 439 g/mol. The van der Waals surface area contributed by atoms with Crippen LogP contribution in [0.25, 0.3) is 11.4 Å². The standard InChI is InChI=1S/C23H23FN4O2S/c1-15(2)14-28-20(18-10-5-6-11-19(18)24)25-26-23(28)31-13-7-12-27-21(29)16-8-3-4-9-17(16)22(27)30/h3-6,8-11,15H,7,12-14H2,1-2H3. The predicted molar refractivity (Wildman–Crippen MR) is 117 cm³/mol. The number of thioether (sulfide) groups is 1. The summed E-state index contributed by atoms with van der Waals surface area (Å²) in [5.74, 6) is 0.683. The van der Waals surface area contributed by atoms with Crippen molar-refractivity contribution in [1.82, 2.24) is 19.7 Å². The summed E-state index contributed by atoms with van der Waals surface area (Å²) >= 11 is 1.50. The van der Waals surface area contributed by atoms with E-state index in [9.17, 15) is 14.0 Å². The third-order valence-electron chi connectivity index (χ3n) is 5.01. The first-order valence-corrected chi connectivity index (χ1v) is 11.2. The highest BCUT2D eigenvalue weighted by Gasteiger charge is 2.34. The van der Waals surface area contributed by atoms with Gasteiger partial charge in [-0.3, -0.25) is 14.5 Å². The molecule has 2 aromatic carbocycles. The molecule has 31 heavy (non-hydrogen) atoms. The Balaban J connectivity index is 1.43. The van der Waals surface area contributed by atoms with Gasteiger partial charge in [-0.15, -0.1) is 10.2 Å². The number of imide groups is 1. The molecule has 6 nitrogen and oxygen atoms in total. The second-order valence-corrected chi connectivity index (χ2v) is 8.86. The van der Waals surface area contributed by atoms with Gasteiger partial charge in [0.05, 0.1) is 16.7 Å². The van der Waals surface area contributed by atoms with Gasteiger partial charge in [-0.25, -0.2) is 4.39 Å². The van der Waals surface area contributed by atoms with Gasteiger partial charge >= 0.3 is 0 Å².